The third-order valence-electron chi connectivity index (χ3n) is 7.12. The first-order valence-corrected chi connectivity index (χ1v) is 12.4. The van der Waals surface area contributed by atoms with E-state index in [1.807, 2.05) is 35.2 Å². The van der Waals surface area contributed by atoms with Crippen LogP contribution in [-0.4, -0.2) is 53.0 Å². The number of carbonyl (C=O) groups is 2. The third-order valence-corrected chi connectivity index (χ3v) is 7.12. The van der Waals surface area contributed by atoms with E-state index in [0.717, 1.165) is 11.3 Å². The number of ether oxygens (including phenoxy) is 2. The van der Waals surface area contributed by atoms with Gasteiger partial charge in [0.2, 0.25) is 0 Å². The Kier molecular flexibility index (Phi) is 7.30. The maximum atomic E-state index is 13.2. The fraction of sp³-hybridized carbons (Fsp3) is 0.233. The Morgan fingerprint density at radius 2 is 1.69 bits per heavy atom. The highest BCUT2D eigenvalue weighted by Crippen LogP contribution is 2.41. The molecule has 9 nitrogen and oxygen atoms in total. The second-order valence-electron chi connectivity index (χ2n) is 9.23. The monoisotopic (exact) mass is 528 g/mol. The number of aromatic nitrogens is 1. The molecule has 3 aromatic carbocycles. The van der Waals surface area contributed by atoms with Crippen LogP contribution in [0.1, 0.15) is 49.9 Å². The fourth-order valence-corrected chi connectivity index (χ4v) is 5.22. The molecule has 0 saturated carbocycles. The lowest BCUT2D eigenvalue weighted by Gasteiger charge is -2.33. The normalized spacial score (nSPS) is 14.7. The van der Waals surface area contributed by atoms with Crippen LogP contribution in [0.2, 0.25) is 0 Å². The number of aliphatic hydroxyl groups excluding tert-OH is 3. The number of anilines is 2. The average Bonchev–Trinajstić information content (AvgIpc) is 2.98. The van der Waals surface area contributed by atoms with Crippen LogP contribution < -0.4 is 4.90 Å². The number of esters is 2. The summed E-state index contributed by atoms with van der Waals surface area (Å²) in [4.78, 5) is 32.6. The van der Waals surface area contributed by atoms with Crippen LogP contribution in [0.15, 0.2) is 60.8 Å². The zero-order valence-electron chi connectivity index (χ0n) is 21.5. The molecule has 1 atom stereocenters. The van der Waals surface area contributed by atoms with Gasteiger partial charge < -0.3 is 29.7 Å². The Hall–Kier alpha value is -4.31. The first kappa shape index (κ1) is 26.3. The maximum absolute atomic E-state index is 13.2. The minimum absolute atomic E-state index is 0.0114. The highest BCUT2D eigenvalue weighted by Gasteiger charge is 2.28. The van der Waals surface area contributed by atoms with Crippen molar-refractivity contribution in [3.63, 3.8) is 0 Å². The Morgan fingerprint density at radius 3 is 2.41 bits per heavy atom. The van der Waals surface area contributed by atoms with Gasteiger partial charge in [-0.05, 0) is 70.3 Å². The molecule has 4 aromatic rings. The van der Waals surface area contributed by atoms with Crippen LogP contribution in [0.3, 0.4) is 0 Å². The number of methoxy groups -OCH3 is 2. The van der Waals surface area contributed by atoms with Gasteiger partial charge in [0.05, 0.1) is 44.7 Å². The van der Waals surface area contributed by atoms with Crippen molar-refractivity contribution in [2.24, 2.45) is 0 Å². The van der Waals surface area contributed by atoms with Gasteiger partial charge in [0, 0.05) is 29.6 Å². The van der Waals surface area contributed by atoms with E-state index in [9.17, 15) is 24.9 Å². The number of fused-ring (bicyclic) bond motifs is 2. The van der Waals surface area contributed by atoms with Crippen LogP contribution in [-0.2, 0) is 22.7 Å². The minimum Gasteiger partial charge on any atom is -0.465 e. The Bertz CT molecular complexity index is 1580. The van der Waals surface area contributed by atoms with E-state index in [0.29, 0.717) is 51.8 Å². The molecule has 0 spiro atoms. The van der Waals surface area contributed by atoms with Gasteiger partial charge in [-0.15, -0.1) is 0 Å². The second kappa shape index (κ2) is 10.8. The van der Waals surface area contributed by atoms with Gasteiger partial charge in [-0.25, -0.2) is 14.6 Å². The summed E-state index contributed by atoms with van der Waals surface area (Å²) >= 11 is 0. The number of pyridine rings is 1. The van der Waals surface area contributed by atoms with Crippen molar-refractivity contribution in [2.75, 3.05) is 25.7 Å². The number of para-hydroxylation sites is 1. The summed E-state index contributed by atoms with van der Waals surface area (Å²) in [5.74, 6) is -0.855. The number of hydrogen-bond donors (Lipinski definition) is 3. The molecule has 39 heavy (non-hydrogen) atoms. The van der Waals surface area contributed by atoms with Crippen LogP contribution in [0.25, 0.3) is 21.9 Å². The molecular weight excluding hydrogens is 500 g/mol. The van der Waals surface area contributed by atoms with Gasteiger partial charge in [0.25, 0.3) is 0 Å². The van der Waals surface area contributed by atoms with E-state index in [-0.39, 0.29) is 24.3 Å². The molecule has 0 saturated heterocycles. The summed E-state index contributed by atoms with van der Waals surface area (Å²) in [5.41, 5.74) is 3.64. The largest absolute Gasteiger partial charge is 0.465 e. The molecule has 0 radical (unpaired) electrons. The third kappa shape index (κ3) is 4.61. The van der Waals surface area contributed by atoms with Crippen molar-refractivity contribution in [1.82, 2.24) is 4.98 Å². The van der Waals surface area contributed by atoms with E-state index in [1.165, 1.54) is 20.3 Å². The Morgan fingerprint density at radius 1 is 0.974 bits per heavy atom. The summed E-state index contributed by atoms with van der Waals surface area (Å²) in [7, 11) is 2.47. The van der Waals surface area contributed by atoms with Crippen molar-refractivity contribution in [3.8, 4) is 11.1 Å². The zero-order valence-corrected chi connectivity index (χ0v) is 21.5. The van der Waals surface area contributed by atoms with Crippen LogP contribution >= 0.6 is 0 Å². The fourth-order valence-electron chi connectivity index (χ4n) is 5.22. The molecule has 1 aliphatic heterocycles. The lowest BCUT2D eigenvalue weighted by atomic mass is 9.87. The highest BCUT2D eigenvalue weighted by molar-refractivity contribution is 6.15. The molecule has 1 aliphatic rings. The number of nitrogens with zero attached hydrogens (tertiary/aromatic N) is 2. The second-order valence-corrected chi connectivity index (χ2v) is 9.23. The Labute approximate surface area is 224 Å². The van der Waals surface area contributed by atoms with Crippen molar-refractivity contribution < 1.29 is 34.4 Å². The molecule has 2 heterocycles. The quantitative estimate of drug-likeness (QED) is 0.318. The average molecular weight is 529 g/mol. The molecule has 0 fully saturated rings. The highest BCUT2D eigenvalue weighted by atomic mass is 16.5. The van der Waals surface area contributed by atoms with Crippen molar-refractivity contribution in [3.05, 3.63) is 88.6 Å². The van der Waals surface area contributed by atoms with Gasteiger partial charge >= 0.3 is 11.9 Å². The standard InChI is InChI=1S/C30H28N2O7/c1-38-29(36)23-12-18-11-19(15-33)20(16-34)13-22(18)27(28(23)30(37)39-2)17-7-9-31-26(14-17)32-10-8-25(35)21-5-3-4-6-24(21)32/h3-7,9,11-14,25,33-35H,8,10,15-16H2,1-2H3/t25-/m0/s1. The van der Waals surface area contributed by atoms with Gasteiger partial charge in [-0.3, -0.25) is 0 Å². The van der Waals surface area contributed by atoms with Crippen LogP contribution in [0.4, 0.5) is 11.5 Å². The molecule has 200 valence electrons. The maximum Gasteiger partial charge on any atom is 0.339 e. The SMILES string of the molecule is COC(=O)c1cc2cc(CO)c(CO)cc2c(-c2ccnc(N3CC[C@H](O)c4ccccc43)c2)c1C(=O)OC. The van der Waals surface area contributed by atoms with Gasteiger partial charge in [0.1, 0.15) is 5.82 Å². The summed E-state index contributed by atoms with van der Waals surface area (Å²) in [6, 6.07) is 16.0. The van der Waals surface area contributed by atoms with E-state index in [2.05, 4.69) is 4.98 Å². The molecule has 3 N–H and O–H groups in total. The Balaban J connectivity index is 1.81. The number of hydrogen-bond acceptors (Lipinski definition) is 9. The van der Waals surface area contributed by atoms with E-state index in [1.54, 1.807) is 24.4 Å². The summed E-state index contributed by atoms with van der Waals surface area (Å²) in [6.45, 7) is -0.116. The lowest BCUT2D eigenvalue weighted by Crippen LogP contribution is -2.27. The molecule has 0 aliphatic carbocycles. The molecule has 0 amide bonds. The summed E-state index contributed by atoms with van der Waals surface area (Å²) in [6.07, 6.45) is 1.55. The van der Waals surface area contributed by atoms with Gasteiger partial charge in [-0.2, -0.15) is 0 Å². The van der Waals surface area contributed by atoms with Crippen LogP contribution in [0, 0.1) is 0 Å². The predicted molar refractivity (Wildman–Crippen MR) is 145 cm³/mol. The molecule has 5 rings (SSSR count). The number of carbonyl (C=O) groups excluding carboxylic acids is 2. The number of aliphatic hydroxyl groups is 3. The molecular formula is C30H28N2O7. The van der Waals surface area contributed by atoms with Gasteiger partial charge in [0.15, 0.2) is 0 Å². The lowest BCUT2D eigenvalue weighted by molar-refractivity contribution is 0.0556. The van der Waals surface area contributed by atoms with Gasteiger partial charge in [-0.1, -0.05) is 18.2 Å². The number of rotatable bonds is 6. The molecule has 1 aromatic heterocycles. The zero-order chi connectivity index (χ0) is 27.7. The number of benzene rings is 3. The predicted octanol–water partition coefficient (Wildman–Crippen LogP) is 4.03. The van der Waals surface area contributed by atoms with E-state index < -0.39 is 18.0 Å². The summed E-state index contributed by atoms with van der Waals surface area (Å²) in [5, 5.41) is 31.5. The summed E-state index contributed by atoms with van der Waals surface area (Å²) < 4.78 is 10.1. The van der Waals surface area contributed by atoms with E-state index >= 15 is 0 Å². The molecule has 9 heteroatoms. The van der Waals surface area contributed by atoms with E-state index in [4.69, 9.17) is 9.47 Å². The first-order chi connectivity index (χ1) is 18.9. The molecule has 0 bridgehead atoms. The van der Waals surface area contributed by atoms with Crippen molar-refractivity contribution in [2.45, 2.75) is 25.7 Å². The van der Waals surface area contributed by atoms with Crippen molar-refractivity contribution in [1.29, 1.82) is 0 Å². The smallest absolute Gasteiger partial charge is 0.339 e. The van der Waals surface area contributed by atoms with Crippen LogP contribution in [0.5, 0.6) is 0 Å². The first-order valence-electron chi connectivity index (χ1n) is 12.4. The molecule has 0 unspecified atom stereocenters. The topological polar surface area (TPSA) is 129 Å². The van der Waals surface area contributed by atoms with Crippen molar-refractivity contribution >= 4 is 34.2 Å². The minimum atomic E-state index is -0.728.